The Hall–Kier alpha value is -1.99. The van der Waals surface area contributed by atoms with Crippen molar-refractivity contribution < 1.29 is 9.53 Å². The summed E-state index contributed by atoms with van der Waals surface area (Å²) in [5.41, 5.74) is 1.80. The monoisotopic (exact) mass is 374 g/mol. The summed E-state index contributed by atoms with van der Waals surface area (Å²) in [6.07, 6.45) is 5.80. The Morgan fingerprint density at radius 3 is 3.08 bits per heavy atom. The number of imidazole rings is 1. The second kappa shape index (κ2) is 9.09. The van der Waals surface area contributed by atoms with Crippen molar-refractivity contribution in [1.29, 1.82) is 0 Å². The Balaban J connectivity index is 1.55. The average molecular weight is 375 g/mol. The highest BCUT2D eigenvalue weighted by molar-refractivity contribution is 7.99. The molecule has 1 atom stereocenters. The molecule has 1 aliphatic heterocycles. The fourth-order valence-corrected chi connectivity index (χ4v) is 3.97. The molecule has 3 rings (SSSR count). The lowest BCUT2D eigenvalue weighted by Gasteiger charge is -2.14. The van der Waals surface area contributed by atoms with Gasteiger partial charge in [-0.05, 0) is 55.6 Å². The fraction of sp³-hybridized carbons (Fsp3) is 0.474. The van der Waals surface area contributed by atoms with Gasteiger partial charge in [-0.2, -0.15) is 0 Å². The normalized spacial score (nSPS) is 16.6. The second-order valence-corrected chi connectivity index (χ2v) is 7.58. The number of carbonyl (C=O) groups excluding carboxylic acids is 1. The van der Waals surface area contributed by atoms with E-state index in [9.17, 15) is 4.79 Å². The van der Waals surface area contributed by atoms with Crippen LogP contribution in [-0.4, -0.2) is 48.0 Å². The summed E-state index contributed by atoms with van der Waals surface area (Å²) >= 11 is 1.63. The van der Waals surface area contributed by atoms with E-state index in [1.807, 2.05) is 36.0 Å². The minimum Gasteiger partial charge on any atom is -0.496 e. The van der Waals surface area contributed by atoms with Crippen LogP contribution in [0.2, 0.25) is 0 Å². The van der Waals surface area contributed by atoms with Gasteiger partial charge in [0.25, 0.3) is 5.91 Å². The number of nitrogens with one attached hydrogen (secondary N) is 2. The molecule has 0 radical (unpaired) electrons. The molecule has 1 unspecified atom stereocenters. The first-order valence-electron chi connectivity index (χ1n) is 8.93. The number of benzene rings is 1. The van der Waals surface area contributed by atoms with Crippen molar-refractivity contribution in [3.8, 4) is 5.75 Å². The predicted octanol–water partition coefficient (Wildman–Crippen LogP) is 2.10. The summed E-state index contributed by atoms with van der Waals surface area (Å²) in [6, 6.07) is 5.70. The maximum Gasteiger partial charge on any atom is 0.251 e. The van der Waals surface area contributed by atoms with Crippen LogP contribution in [0.5, 0.6) is 5.75 Å². The molecule has 2 heterocycles. The van der Waals surface area contributed by atoms with Crippen molar-refractivity contribution >= 4 is 17.7 Å². The van der Waals surface area contributed by atoms with Gasteiger partial charge in [0.15, 0.2) is 5.16 Å². The molecule has 1 amide bonds. The molecular weight excluding hydrogens is 348 g/mol. The Morgan fingerprint density at radius 1 is 1.50 bits per heavy atom. The number of rotatable bonds is 8. The third kappa shape index (κ3) is 4.80. The minimum absolute atomic E-state index is 0.0427. The Labute approximate surface area is 158 Å². The van der Waals surface area contributed by atoms with Crippen molar-refractivity contribution in [3.05, 3.63) is 41.7 Å². The van der Waals surface area contributed by atoms with E-state index >= 15 is 0 Å². The van der Waals surface area contributed by atoms with Crippen LogP contribution in [0.4, 0.5) is 0 Å². The number of ether oxygens (including phenoxy) is 1. The van der Waals surface area contributed by atoms with Gasteiger partial charge in [-0.25, -0.2) is 4.98 Å². The van der Waals surface area contributed by atoms with Crippen LogP contribution >= 0.6 is 11.8 Å². The Morgan fingerprint density at radius 2 is 2.38 bits per heavy atom. The molecule has 1 fully saturated rings. The lowest BCUT2D eigenvalue weighted by Crippen LogP contribution is -2.26. The standard InChI is InChI=1S/C19H26N4O2S/c1-23-9-7-22-19(23)26-10-8-21-18(24)15-3-4-17(25-2)16(12-15)11-14-5-6-20-13-14/h3-4,7,9,12,14,20H,5-6,8,10-11,13H2,1-2H3,(H,21,24). The quantitative estimate of drug-likeness (QED) is 0.547. The molecule has 1 saturated heterocycles. The maximum atomic E-state index is 12.5. The number of aromatic nitrogens is 2. The van der Waals surface area contributed by atoms with Gasteiger partial charge in [-0.15, -0.1) is 0 Å². The average Bonchev–Trinajstić information content (AvgIpc) is 3.30. The third-order valence-corrected chi connectivity index (χ3v) is 5.67. The summed E-state index contributed by atoms with van der Waals surface area (Å²) in [4.78, 5) is 16.7. The molecule has 6 nitrogen and oxygen atoms in total. The first-order chi connectivity index (χ1) is 12.7. The van der Waals surface area contributed by atoms with Gasteiger partial charge in [-0.1, -0.05) is 11.8 Å². The highest BCUT2D eigenvalue weighted by Gasteiger charge is 2.18. The Kier molecular flexibility index (Phi) is 6.57. The molecule has 26 heavy (non-hydrogen) atoms. The third-order valence-electron chi connectivity index (χ3n) is 4.61. The first-order valence-corrected chi connectivity index (χ1v) is 9.92. The van der Waals surface area contributed by atoms with Gasteiger partial charge in [0.05, 0.1) is 7.11 Å². The van der Waals surface area contributed by atoms with Crippen LogP contribution in [-0.2, 0) is 13.5 Å². The lowest BCUT2D eigenvalue weighted by atomic mass is 9.96. The molecule has 1 aliphatic rings. The van der Waals surface area contributed by atoms with Crippen molar-refractivity contribution in [2.24, 2.45) is 13.0 Å². The molecular formula is C19H26N4O2S. The number of hydrogen-bond donors (Lipinski definition) is 2. The van der Waals surface area contributed by atoms with Crippen LogP contribution in [0.15, 0.2) is 35.7 Å². The van der Waals surface area contributed by atoms with Crippen LogP contribution in [0, 0.1) is 5.92 Å². The van der Waals surface area contributed by atoms with Crippen LogP contribution in [0.25, 0.3) is 0 Å². The smallest absolute Gasteiger partial charge is 0.251 e. The zero-order valence-electron chi connectivity index (χ0n) is 15.3. The first kappa shape index (κ1) is 18.8. The largest absolute Gasteiger partial charge is 0.496 e. The molecule has 0 aliphatic carbocycles. The van der Waals surface area contributed by atoms with E-state index in [2.05, 4.69) is 15.6 Å². The molecule has 7 heteroatoms. The SMILES string of the molecule is COc1ccc(C(=O)NCCSc2nccn2C)cc1CC1CCNC1. The van der Waals surface area contributed by atoms with Gasteiger partial charge in [-0.3, -0.25) is 4.79 Å². The summed E-state index contributed by atoms with van der Waals surface area (Å²) in [5.74, 6) is 2.21. The van der Waals surface area contributed by atoms with Gasteiger partial charge in [0.2, 0.25) is 0 Å². The highest BCUT2D eigenvalue weighted by Crippen LogP contribution is 2.25. The van der Waals surface area contributed by atoms with Gasteiger partial charge >= 0.3 is 0 Å². The summed E-state index contributed by atoms with van der Waals surface area (Å²) < 4.78 is 7.45. The second-order valence-electron chi connectivity index (χ2n) is 6.51. The van der Waals surface area contributed by atoms with Gasteiger partial charge < -0.3 is 19.9 Å². The van der Waals surface area contributed by atoms with Crippen LogP contribution in [0.1, 0.15) is 22.3 Å². The van der Waals surface area contributed by atoms with E-state index in [1.54, 1.807) is 25.1 Å². The summed E-state index contributed by atoms with van der Waals surface area (Å²) in [5, 5.41) is 7.33. The fourth-order valence-electron chi connectivity index (χ4n) is 3.18. The van der Waals surface area contributed by atoms with Crippen molar-refractivity contribution in [2.75, 3.05) is 32.5 Å². The Bertz CT molecular complexity index is 741. The zero-order chi connectivity index (χ0) is 18.4. The maximum absolute atomic E-state index is 12.5. The van der Waals surface area contributed by atoms with Crippen molar-refractivity contribution in [3.63, 3.8) is 0 Å². The van der Waals surface area contributed by atoms with E-state index in [0.29, 0.717) is 18.0 Å². The van der Waals surface area contributed by atoms with Crippen molar-refractivity contribution in [2.45, 2.75) is 18.0 Å². The number of aryl methyl sites for hydroxylation is 1. The van der Waals surface area contributed by atoms with Gasteiger partial charge in [0, 0.05) is 37.3 Å². The van der Waals surface area contributed by atoms with Gasteiger partial charge in [0.1, 0.15) is 5.75 Å². The number of methoxy groups -OCH3 is 1. The number of amides is 1. The molecule has 140 valence electrons. The number of hydrogen-bond acceptors (Lipinski definition) is 5. The molecule has 2 N–H and O–H groups in total. The lowest BCUT2D eigenvalue weighted by molar-refractivity contribution is 0.0956. The molecule has 0 bridgehead atoms. The number of nitrogens with zero attached hydrogens (tertiary/aromatic N) is 2. The van der Waals surface area contributed by atoms with E-state index in [4.69, 9.17) is 4.74 Å². The van der Waals surface area contributed by atoms with Crippen LogP contribution in [0.3, 0.4) is 0 Å². The van der Waals surface area contributed by atoms with Crippen LogP contribution < -0.4 is 15.4 Å². The van der Waals surface area contributed by atoms with Crippen molar-refractivity contribution in [1.82, 2.24) is 20.2 Å². The number of thioether (sulfide) groups is 1. The highest BCUT2D eigenvalue weighted by atomic mass is 32.2. The summed E-state index contributed by atoms with van der Waals surface area (Å²) in [6.45, 7) is 2.70. The molecule has 1 aromatic carbocycles. The number of carbonyl (C=O) groups is 1. The van der Waals surface area contributed by atoms with E-state index < -0.39 is 0 Å². The molecule has 1 aromatic heterocycles. The molecule has 0 spiro atoms. The zero-order valence-corrected chi connectivity index (χ0v) is 16.1. The predicted molar refractivity (Wildman–Crippen MR) is 104 cm³/mol. The molecule has 2 aromatic rings. The van der Waals surface area contributed by atoms with E-state index in [-0.39, 0.29) is 5.91 Å². The van der Waals surface area contributed by atoms with E-state index in [0.717, 1.165) is 41.7 Å². The topological polar surface area (TPSA) is 68.2 Å². The minimum atomic E-state index is -0.0427. The van der Waals surface area contributed by atoms with E-state index in [1.165, 1.54) is 6.42 Å². The molecule has 0 saturated carbocycles. The summed E-state index contributed by atoms with van der Waals surface area (Å²) in [7, 11) is 3.65.